The summed E-state index contributed by atoms with van der Waals surface area (Å²) in [6.07, 6.45) is 0.795. The van der Waals surface area contributed by atoms with Crippen molar-refractivity contribution >= 4 is 17.4 Å². The number of nitrogens with zero attached hydrogens (tertiary/aromatic N) is 1. The molecule has 0 heterocycles. The lowest BCUT2D eigenvalue weighted by molar-refractivity contribution is -0.118. The number of carbonyl (C=O) groups excluding carboxylic acids is 2. The van der Waals surface area contributed by atoms with Crippen LogP contribution in [0.15, 0.2) is 48.5 Å². The molecule has 0 saturated carbocycles. The SMILES string of the molecule is CCC(=O)c1ccc(OCC(=O)Nc2ccc(CC#N)cc2)cc1. The fourth-order valence-electron chi connectivity index (χ4n) is 2.08. The molecule has 1 amide bonds. The molecular formula is C19H18N2O3. The number of anilines is 1. The van der Waals surface area contributed by atoms with Crippen LogP contribution in [0.25, 0.3) is 0 Å². The number of ether oxygens (including phenoxy) is 1. The van der Waals surface area contributed by atoms with Crippen molar-refractivity contribution in [3.05, 3.63) is 59.7 Å². The van der Waals surface area contributed by atoms with Crippen molar-refractivity contribution in [2.45, 2.75) is 19.8 Å². The molecule has 0 atom stereocenters. The van der Waals surface area contributed by atoms with Gasteiger partial charge in [0.05, 0.1) is 12.5 Å². The van der Waals surface area contributed by atoms with Gasteiger partial charge in [0.2, 0.25) is 0 Å². The second kappa shape index (κ2) is 8.49. The monoisotopic (exact) mass is 322 g/mol. The van der Waals surface area contributed by atoms with Gasteiger partial charge in [0, 0.05) is 17.7 Å². The Morgan fingerprint density at radius 3 is 2.33 bits per heavy atom. The number of amides is 1. The first-order valence-electron chi connectivity index (χ1n) is 7.64. The first-order chi connectivity index (χ1) is 11.6. The Labute approximate surface area is 140 Å². The standard InChI is InChI=1S/C19H18N2O3/c1-2-18(22)15-5-9-17(10-6-15)24-13-19(23)21-16-7-3-14(4-8-16)11-12-20/h3-10H,2,11,13H2,1H3,(H,21,23). The van der Waals surface area contributed by atoms with E-state index in [0.717, 1.165) is 5.56 Å². The van der Waals surface area contributed by atoms with Crippen molar-refractivity contribution in [2.75, 3.05) is 11.9 Å². The molecular weight excluding hydrogens is 304 g/mol. The lowest BCUT2D eigenvalue weighted by atomic mass is 10.1. The van der Waals surface area contributed by atoms with Gasteiger partial charge in [0.25, 0.3) is 5.91 Å². The predicted octanol–water partition coefficient (Wildman–Crippen LogP) is 3.36. The van der Waals surface area contributed by atoms with Crippen molar-refractivity contribution in [1.29, 1.82) is 5.26 Å². The zero-order chi connectivity index (χ0) is 17.4. The van der Waals surface area contributed by atoms with Gasteiger partial charge < -0.3 is 10.1 Å². The minimum absolute atomic E-state index is 0.0686. The number of hydrogen-bond donors (Lipinski definition) is 1. The van der Waals surface area contributed by atoms with Crippen LogP contribution in [0.4, 0.5) is 5.69 Å². The van der Waals surface area contributed by atoms with E-state index >= 15 is 0 Å². The van der Waals surface area contributed by atoms with Gasteiger partial charge in [-0.25, -0.2) is 0 Å². The van der Waals surface area contributed by atoms with Crippen molar-refractivity contribution in [2.24, 2.45) is 0 Å². The summed E-state index contributed by atoms with van der Waals surface area (Å²) in [6.45, 7) is 1.69. The van der Waals surface area contributed by atoms with E-state index in [9.17, 15) is 9.59 Å². The molecule has 0 spiro atoms. The normalized spacial score (nSPS) is 9.83. The highest BCUT2D eigenvalue weighted by molar-refractivity contribution is 5.96. The van der Waals surface area contributed by atoms with Crippen molar-refractivity contribution in [1.82, 2.24) is 0 Å². The maximum atomic E-state index is 11.9. The summed E-state index contributed by atoms with van der Waals surface area (Å²) in [7, 11) is 0. The Kier molecular flexibility index (Phi) is 6.09. The molecule has 0 radical (unpaired) electrons. The molecule has 0 bridgehead atoms. The Morgan fingerprint density at radius 1 is 1.08 bits per heavy atom. The van der Waals surface area contributed by atoms with Crippen LogP contribution in [0.5, 0.6) is 5.75 Å². The van der Waals surface area contributed by atoms with E-state index in [2.05, 4.69) is 11.4 Å². The van der Waals surface area contributed by atoms with Crippen LogP contribution in [0.1, 0.15) is 29.3 Å². The molecule has 0 aliphatic carbocycles. The average Bonchev–Trinajstić information content (AvgIpc) is 2.61. The quantitative estimate of drug-likeness (QED) is 0.793. The number of rotatable bonds is 7. The van der Waals surface area contributed by atoms with Crippen LogP contribution in [0.3, 0.4) is 0 Å². The molecule has 0 aliphatic heterocycles. The Balaban J connectivity index is 1.84. The van der Waals surface area contributed by atoms with Gasteiger partial charge in [0.1, 0.15) is 5.75 Å². The number of hydrogen-bond acceptors (Lipinski definition) is 4. The summed E-state index contributed by atoms with van der Waals surface area (Å²) in [5.74, 6) is 0.318. The van der Waals surface area contributed by atoms with Gasteiger partial charge in [-0.1, -0.05) is 19.1 Å². The molecule has 0 aromatic heterocycles. The van der Waals surface area contributed by atoms with E-state index in [0.29, 0.717) is 29.8 Å². The summed E-state index contributed by atoms with van der Waals surface area (Å²) in [6, 6.07) is 15.9. The second-order valence-electron chi connectivity index (χ2n) is 5.17. The lowest BCUT2D eigenvalue weighted by Gasteiger charge is -2.08. The van der Waals surface area contributed by atoms with Crippen LogP contribution in [0, 0.1) is 11.3 Å². The van der Waals surface area contributed by atoms with E-state index in [1.54, 1.807) is 48.5 Å². The summed E-state index contributed by atoms with van der Waals surface area (Å²) < 4.78 is 5.40. The second-order valence-corrected chi connectivity index (χ2v) is 5.17. The van der Waals surface area contributed by atoms with E-state index in [1.807, 2.05) is 6.92 Å². The minimum Gasteiger partial charge on any atom is -0.484 e. The van der Waals surface area contributed by atoms with Gasteiger partial charge >= 0.3 is 0 Å². The third kappa shape index (κ3) is 4.96. The number of Topliss-reactive ketones (excluding diaryl/α,β-unsaturated/α-hetero) is 1. The maximum absolute atomic E-state index is 11.9. The molecule has 5 nitrogen and oxygen atoms in total. The van der Waals surface area contributed by atoms with Crippen LogP contribution >= 0.6 is 0 Å². The Morgan fingerprint density at radius 2 is 1.75 bits per heavy atom. The molecule has 2 aromatic carbocycles. The van der Waals surface area contributed by atoms with Crippen LogP contribution in [-0.2, 0) is 11.2 Å². The minimum atomic E-state index is -0.281. The largest absolute Gasteiger partial charge is 0.484 e. The molecule has 2 aromatic rings. The highest BCUT2D eigenvalue weighted by Crippen LogP contribution is 2.14. The summed E-state index contributed by atoms with van der Waals surface area (Å²) >= 11 is 0. The van der Waals surface area contributed by atoms with Gasteiger partial charge in [-0.3, -0.25) is 9.59 Å². The highest BCUT2D eigenvalue weighted by Gasteiger charge is 2.06. The molecule has 1 N–H and O–H groups in total. The van der Waals surface area contributed by atoms with Crippen molar-refractivity contribution < 1.29 is 14.3 Å². The van der Waals surface area contributed by atoms with Crippen molar-refractivity contribution in [3.8, 4) is 11.8 Å². The van der Waals surface area contributed by atoms with Gasteiger partial charge in [-0.2, -0.15) is 5.26 Å². The first kappa shape index (κ1) is 17.2. The third-order valence-electron chi connectivity index (χ3n) is 3.39. The fraction of sp³-hybridized carbons (Fsp3) is 0.211. The number of ketones is 1. The van der Waals surface area contributed by atoms with E-state index in [1.165, 1.54) is 0 Å². The Hall–Kier alpha value is -3.13. The Bertz CT molecular complexity index is 744. The molecule has 0 aliphatic rings. The maximum Gasteiger partial charge on any atom is 0.262 e. The third-order valence-corrected chi connectivity index (χ3v) is 3.39. The van der Waals surface area contributed by atoms with Crippen LogP contribution in [-0.4, -0.2) is 18.3 Å². The number of nitrogens with one attached hydrogen (secondary N) is 1. The zero-order valence-electron chi connectivity index (χ0n) is 13.4. The topological polar surface area (TPSA) is 79.2 Å². The van der Waals surface area contributed by atoms with Gasteiger partial charge in [-0.05, 0) is 42.0 Å². The molecule has 2 rings (SSSR count). The number of nitriles is 1. The predicted molar refractivity (Wildman–Crippen MR) is 90.9 cm³/mol. The van der Waals surface area contributed by atoms with E-state index in [-0.39, 0.29) is 18.3 Å². The summed E-state index contributed by atoms with van der Waals surface area (Å²) in [5.41, 5.74) is 2.18. The van der Waals surface area contributed by atoms with Crippen LogP contribution < -0.4 is 10.1 Å². The molecule has 0 fully saturated rings. The van der Waals surface area contributed by atoms with E-state index < -0.39 is 0 Å². The highest BCUT2D eigenvalue weighted by atomic mass is 16.5. The summed E-state index contributed by atoms with van der Waals surface area (Å²) in [4.78, 5) is 23.4. The molecule has 24 heavy (non-hydrogen) atoms. The average molecular weight is 322 g/mol. The van der Waals surface area contributed by atoms with E-state index in [4.69, 9.17) is 10.00 Å². The number of benzene rings is 2. The number of carbonyl (C=O) groups is 2. The first-order valence-corrected chi connectivity index (χ1v) is 7.64. The summed E-state index contributed by atoms with van der Waals surface area (Å²) in [5, 5.41) is 11.3. The van der Waals surface area contributed by atoms with Gasteiger partial charge in [0.15, 0.2) is 12.4 Å². The smallest absolute Gasteiger partial charge is 0.262 e. The molecule has 0 saturated heterocycles. The van der Waals surface area contributed by atoms with Crippen molar-refractivity contribution in [3.63, 3.8) is 0 Å². The molecule has 122 valence electrons. The lowest BCUT2D eigenvalue weighted by Crippen LogP contribution is -2.20. The molecule has 5 heteroatoms. The van der Waals surface area contributed by atoms with Crippen LogP contribution in [0.2, 0.25) is 0 Å². The molecule has 0 unspecified atom stereocenters. The fourth-order valence-corrected chi connectivity index (χ4v) is 2.08. The zero-order valence-corrected chi connectivity index (χ0v) is 13.4. The van der Waals surface area contributed by atoms with Gasteiger partial charge in [-0.15, -0.1) is 0 Å².